The molecular formula is C20H20N2O2S3. The van der Waals surface area contributed by atoms with Crippen LogP contribution in [0.1, 0.15) is 30.7 Å². The number of benzene rings is 1. The van der Waals surface area contributed by atoms with Crippen LogP contribution in [0.2, 0.25) is 0 Å². The minimum absolute atomic E-state index is 0.187. The molecule has 0 radical (unpaired) electrons. The summed E-state index contributed by atoms with van der Waals surface area (Å²) < 4.78 is 23.2. The Morgan fingerprint density at radius 1 is 1.22 bits per heavy atom. The first-order valence-electron chi connectivity index (χ1n) is 8.60. The zero-order valence-electron chi connectivity index (χ0n) is 15.2. The lowest BCUT2D eigenvalue weighted by molar-refractivity contribution is 0.394. The van der Waals surface area contributed by atoms with Gasteiger partial charge in [0.1, 0.15) is 0 Å². The molecule has 7 heteroatoms. The molecule has 1 fully saturated rings. The molecule has 2 N–H and O–H groups in total. The van der Waals surface area contributed by atoms with Gasteiger partial charge in [0.15, 0.2) is 15.0 Å². The third-order valence-corrected chi connectivity index (χ3v) is 9.61. The summed E-state index contributed by atoms with van der Waals surface area (Å²) in [5.41, 5.74) is 8.84. The first-order chi connectivity index (χ1) is 12.7. The minimum atomic E-state index is -2.93. The highest BCUT2D eigenvalue weighted by Gasteiger charge is 2.55. The van der Waals surface area contributed by atoms with E-state index in [1.807, 2.05) is 19.1 Å². The average Bonchev–Trinajstić information content (AvgIpc) is 3.03. The fraction of sp³-hybridized carbons (Fsp3) is 0.350. The minimum Gasteiger partial charge on any atom is -0.378 e. The van der Waals surface area contributed by atoms with Gasteiger partial charge in [0.2, 0.25) is 0 Å². The van der Waals surface area contributed by atoms with Crippen molar-refractivity contribution in [3.8, 4) is 23.0 Å². The van der Waals surface area contributed by atoms with E-state index in [0.717, 1.165) is 21.6 Å². The molecule has 27 heavy (non-hydrogen) atoms. The standard InChI is InChI=1S/C20H20N2O2S3/c1-3-5-14-6-4-7-15(8-14)16-9-17(25-10-16)19(2)11-20(26-18(21)22-19)12-27(23,24)13-20/h4,6-10H,11-13H2,1-2H3,(H2,21,22). The summed E-state index contributed by atoms with van der Waals surface area (Å²) in [5, 5.41) is 2.60. The molecule has 0 saturated carbocycles. The average molecular weight is 417 g/mol. The second-order valence-electron chi connectivity index (χ2n) is 7.37. The Labute approximate surface area is 168 Å². The highest BCUT2D eigenvalue weighted by Crippen LogP contribution is 2.52. The smallest absolute Gasteiger partial charge is 0.155 e. The Balaban J connectivity index is 1.67. The van der Waals surface area contributed by atoms with Crippen molar-refractivity contribution in [2.45, 2.75) is 30.6 Å². The second kappa shape index (κ2) is 6.40. The normalized spacial score (nSPS) is 25.2. The van der Waals surface area contributed by atoms with Gasteiger partial charge in [-0.2, -0.15) is 0 Å². The van der Waals surface area contributed by atoms with Crippen LogP contribution in [-0.4, -0.2) is 29.8 Å². The van der Waals surface area contributed by atoms with Crippen molar-refractivity contribution in [1.82, 2.24) is 0 Å². The number of sulfone groups is 1. The lowest BCUT2D eigenvalue weighted by atomic mass is 9.87. The SMILES string of the molecule is CC#Cc1cccc(-c2csc(C3(C)CC4(CS(=O)(=O)C4)SC(N)=N3)c2)c1. The molecule has 4 nitrogen and oxygen atoms in total. The first-order valence-corrected chi connectivity index (χ1v) is 12.1. The number of hydrogen-bond donors (Lipinski definition) is 1. The van der Waals surface area contributed by atoms with E-state index in [2.05, 4.69) is 42.3 Å². The number of aliphatic imine (C=N–C) groups is 1. The van der Waals surface area contributed by atoms with Gasteiger partial charge < -0.3 is 5.73 Å². The Bertz CT molecular complexity index is 1090. The largest absolute Gasteiger partial charge is 0.378 e. The van der Waals surface area contributed by atoms with Gasteiger partial charge in [-0.1, -0.05) is 29.8 Å². The Kier molecular flexibility index (Phi) is 4.41. The quantitative estimate of drug-likeness (QED) is 0.759. The maximum absolute atomic E-state index is 11.8. The Morgan fingerprint density at radius 3 is 2.70 bits per heavy atom. The Morgan fingerprint density at radius 2 is 2.00 bits per heavy atom. The third-order valence-electron chi connectivity index (χ3n) is 4.91. The molecule has 0 bridgehead atoms. The van der Waals surface area contributed by atoms with Crippen LogP contribution < -0.4 is 5.73 Å². The fourth-order valence-electron chi connectivity index (χ4n) is 3.94. The van der Waals surface area contributed by atoms with Crippen molar-refractivity contribution in [3.63, 3.8) is 0 Å². The van der Waals surface area contributed by atoms with Crippen molar-refractivity contribution in [2.75, 3.05) is 11.5 Å². The van der Waals surface area contributed by atoms with Crippen LogP contribution in [-0.2, 0) is 15.4 Å². The van der Waals surface area contributed by atoms with E-state index in [0.29, 0.717) is 11.6 Å². The number of hydrogen-bond acceptors (Lipinski definition) is 6. The maximum Gasteiger partial charge on any atom is 0.155 e. The van der Waals surface area contributed by atoms with Gasteiger partial charge in [0.05, 0.1) is 21.8 Å². The van der Waals surface area contributed by atoms with Crippen LogP contribution in [0.15, 0.2) is 40.7 Å². The van der Waals surface area contributed by atoms with Gasteiger partial charge in [-0.05, 0) is 55.0 Å². The van der Waals surface area contributed by atoms with Crippen molar-refractivity contribution in [3.05, 3.63) is 46.2 Å². The van der Waals surface area contributed by atoms with Gasteiger partial charge >= 0.3 is 0 Å². The van der Waals surface area contributed by atoms with Crippen molar-refractivity contribution in [2.24, 2.45) is 10.7 Å². The van der Waals surface area contributed by atoms with E-state index in [1.165, 1.54) is 11.8 Å². The van der Waals surface area contributed by atoms with Gasteiger partial charge in [-0.15, -0.1) is 17.3 Å². The molecule has 0 aliphatic carbocycles. The van der Waals surface area contributed by atoms with Gasteiger partial charge in [-0.25, -0.2) is 8.42 Å². The van der Waals surface area contributed by atoms with Crippen LogP contribution in [0.4, 0.5) is 0 Å². The molecule has 1 spiro atoms. The van der Waals surface area contributed by atoms with Gasteiger partial charge in [-0.3, -0.25) is 4.99 Å². The lowest BCUT2D eigenvalue weighted by Crippen LogP contribution is -2.57. The third kappa shape index (κ3) is 3.54. The molecule has 0 amide bonds. The predicted octanol–water partition coefficient (Wildman–Crippen LogP) is 3.62. The summed E-state index contributed by atoms with van der Waals surface area (Å²) in [6, 6.07) is 10.3. The highest BCUT2D eigenvalue weighted by atomic mass is 32.2. The predicted molar refractivity (Wildman–Crippen MR) is 115 cm³/mol. The summed E-state index contributed by atoms with van der Waals surface area (Å²) in [7, 11) is -2.93. The van der Waals surface area contributed by atoms with Crippen molar-refractivity contribution in [1.29, 1.82) is 0 Å². The van der Waals surface area contributed by atoms with E-state index in [4.69, 9.17) is 10.7 Å². The number of thiophene rings is 1. The van der Waals surface area contributed by atoms with Crippen LogP contribution >= 0.6 is 23.1 Å². The summed E-state index contributed by atoms with van der Waals surface area (Å²) >= 11 is 3.07. The summed E-state index contributed by atoms with van der Waals surface area (Å²) in [5.74, 6) is 6.39. The molecule has 4 rings (SSSR count). The second-order valence-corrected chi connectivity index (χ2v) is 11.8. The molecule has 1 unspecified atom stereocenters. The molecule has 140 valence electrons. The molecule has 1 saturated heterocycles. The van der Waals surface area contributed by atoms with Crippen molar-refractivity contribution < 1.29 is 8.42 Å². The zero-order valence-corrected chi connectivity index (χ0v) is 17.6. The van der Waals surface area contributed by atoms with Gasteiger partial charge in [0.25, 0.3) is 0 Å². The molecular weight excluding hydrogens is 396 g/mol. The topological polar surface area (TPSA) is 72.5 Å². The molecule has 3 heterocycles. The van der Waals surface area contributed by atoms with E-state index in [1.54, 1.807) is 11.3 Å². The zero-order chi connectivity index (χ0) is 19.3. The first kappa shape index (κ1) is 18.6. The number of nitrogens with two attached hydrogens (primary N) is 1. The number of amidine groups is 1. The number of thioether (sulfide) groups is 1. The van der Waals surface area contributed by atoms with Crippen LogP contribution in [0, 0.1) is 11.8 Å². The van der Waals surface area contributed by atoms with E-state index in [9.17, 15) is 8.42 Å². The summed E-state index contributed by atoms with van der Waals surface area (Å²) in [6.07, 6.45) is 0.686. The highest BCUT2D eigenvalue weighted by molar-refractivity contribution is 8.17. The van der Waals surface area contributed by atoms with E-state index >= 15 is 0 Å². The van der Waals surface area contributed by atoms with Gasteiger partial charge in [0, 0.05) is 10.4 Å². The molecule has 2 aliphatic heterocycles. The van der Waals surface area contributed by atoms with Crippen LogP contribution in [0.5, 0.6) is 0 Å². The monoisotopic (exact) mass is 416 g/mol. The van der Waals surface area contributed by atoms with Crippen LogP contribution in [0.25, 0.3) is 11.1 Å². The molecule has 1 aromatic heterocycles. The van der Waals surface area contributed by atoms with Crippen molar-refractivity contribution >= 4 is 38.1 Å². The Hall–Kier alpha value is -1.75. The van der Waals surface area contributed by atoms with E-state index < -0.39 is 15.4 Å². The summed E-state index contributed by atoms with van der Waals surface area (Å²) in [4.78, 5) is 5.82. The fourth-order valence-corrected chi connectivity index (χ4v) is 9.28. The maximum atomic E-state index is 11.8. The summed E-state index contributed by atoms with van der Waals surface area (Å²) in [6.45, 7) is 3.89. The number of rotatable bonds is 2. The molecule has 2 aliphatic rings. The van der Waals surface area contributed by atoms with Crippen LogP contribution in [0.3, 0.4) is 0 Å². The van der Waals surface area contributed by atoms with E-state index in [-0.39, 0.29) is 16.3 Å². The lowest BCUT2D eigenvalue weighted by Gasteiger charge is -2.47. The molecule has 2 aromatic rings. The molecule has 1 atom stereocenters. The number of nitrogens with zero attached hydrogens (tertiary/aromatic N) is 1. The molecule has 1 aromatic carbocycles.